The molecule has 0 spiro atoms. The van der Waals surface area contributed by atoms with Crippen molar-refractivity contribution in [2.75, 3.05) is 32.7 Å². The molecule has 1 amide bonds. The fraction of sp³-hybridized carbons (Fsp3) is 0.286. The highest BCUT2D eigenvalue weighted by Crippen LogP contribution is 2.32. The minimum absolute atomic E-state index is 0.0129. The van der Waals surface area contributed by atoms with Gasteiger partial charge in [0.1, 0.15) is 11.5 Å². The van der Waals surface area contributed by atoms with Crippen molar-refractivity contribution >= 4 is 34.6 Å². The van der Waals surface area contributed by atoms with E-state index in [0.29, 0.717) is 33.6 Å². The van der Waals surface area contributed by atoms with Gasteiger partial charge in [0, 0.05) is 62.9 Å². The van der Waals surface area contributed by atoms with Gasteiger partial charge >= 0.3 is 0 Å². The second-order valence-corrected chi connectivity index (χ2v) is 8.07. The Bertz CT molecular complexity index is 1110. The molecule has 1 aromatic heterocycles. The van der Waals surface area contributed by atoms with Gasteiger partial charge in [0.05, 0.1) is 15.9 Å². The Morgan fingerprint density at radius 1 is 1.26 bits per heavy atom. The number of aliphatic imine (C=N–C) groups is 1. The maximum Gasteiger partial charge on any atom is 0.286 e. The van der Waals surface area contributed by atoms with Crippen LogP contribution in [-0.2, 0) is 4.79 Å². The number of piperazine rings is 1. The summed E-state index contributed by atoms with van der Waals surface area (Å²) < 4.78 is 5.78. The monoisotopic (exact) mass is 437 g/mol. The summed E-state index contributed by atoms with van der Waals surface area (Å²) in [5, 5.41) is 20.4. The maximum absolute atomic E-state index is 12.4. The van der Waals surface area contributed by atoms with Crippen LogP contribution >= 0.6 is 11.8 Å². The van der Waals surface area contributed by atoms with Gasteiger partial charge in [0.2, 0.25) is 0 Å². The first kappa shape index (κ1) is 20.8. The van der Waals surface area contributed by atoms with Gasteiger partial charge in [-0.2, -0.15) is 10.3 Å². The molecule has 0 N–H and O–H groups in total. The van der Waals surface area contributed by atoms with Crippen molar-refractivity contribution in [1.29, 1.82) is 5.26 Å². The SMILES string of the molecule is N#CCCN1CCN(C2=NC(=O)/C(=C\c3ccc(-c4cccc([N+](=O)[O-])c4)o3)S2)CC1. The smallest absolute Gasteiger partial charge is 0.286 e. The molecule has 31 heavy (non-hydrogen) atoms. The summed E-state index contributed by atoms with van der Waals surface area (Å²) in [6.45, 7) is 3.95. The lowest BCUT2D eigenvalue weighted by molar-refractivity contribution is -0.384. The summed E-state index contributed by atoms with van der Waals surface area (Å²) >= 11 is 1.32. The van der Waals surface area contributed by atoms with E-state index in [0.717, 1.165) is 32.7 Å². The molecule has 9 nitrogen and oxygen atoms in total. The van der Waals surface area contributed by atoms with E-state index < -0.39 is 4.92 Å². The molecule has 158 valence electrons. The van der Waals surface area contributed by atoms with Crippen LogP contribution in [0.5, 0.6) is 0 Å². The summed E-state index contributed by atoms with van der Waals surface area (Å²) in [6.07, 6.45) is 2.16. The standard InChI is InChI=1S/C21H19N5O4S/c22-7-2-8-24-9-11-25(12-10-24)21-23-20(27)19(31-21)14-17-5-6-18(30-17)15-3-1-4-16(13-15)26(28)29/h1,3-6,13-14H,2,8-12H2/b19-14+. The molecule has 0 bridgehead atoms. The largest absolute Gasteiger partial charge is 0.457 e. The second-order valence-electron chi connectivity index (χ2n) is 7.06. The van der Waals surface area contributed by atoms with E-state index in [1.54, 1.807) is 30.3 Å². The van der Waals surface area contributed by atoms with Gasteiger partial charge in [-0.05, 0) is 23.9 Å². The lowest BCUT2D eigenvalue weighted by Crippen LogP contribution is -2.47. The lowest BCUT2D eigenvalue weighted by Gasteiger charge is -2.34. The third-order valence-corrected chi connectivity index (χ3v) is 6.08. The number of nitriles is 1. The number of amidine groups is 1. The summed E-state index contributed by atoms with van der Waals surface area (Å²) in [6, 6.07) is 11.8. The number of non-ortho nitro benzene ring substituents is 1. The lowest BCUT2D eigenvalue weighted by atomic mass is 10.1. The van der Waals surface area contributed by atoms with Gasteiger partial charge in [0.15, 0.2) is 5.17 Å². The zero-order chi connectivity index (χ0) is 21.8. The first-order chi connectivity index (χ1) is 15.0. The number of hydrogen-bond donors (Lipinski definition) is 0. The molecule has 2 aliphatic heterocycles. The second kappa shape index (κ2) is 9.16. The molecule has 4 rings (SSSR count). The van der Waals surface area contributed by atoms with E-state index in [4.69, 9.17) is 9.68 Å². The van der Waals surface area contributed by atoms with Gasteiger partial charge in [-0.25, -0.2) is 0 Å². The quantitative estimate of drug-likeness (QED) is 0.397. The Morgan fingerprint density at radius 3 is 2.81 bits per heavy atom. The number of benzene rings is 1. The van der Waals surface area contributed by atoms with Crippen molar-refractivity contribution in [1.82, 2.24) is 9.80 Å². The Labute approximate surface area is 182 Å². The zero-order valence-corrected chi connectivity index (χ0v) is 17.4. The Morgan fingerprint density at radius 2 is 2.06 bits per heavy atom. The third-order valence-electron chi connectivity index (χ3n) is 5.03. The molecule has 3 heterocycles. The Kier molecular flexibility index (Phi) is 6.16. The molecule has 0 radical (unpaired) electrons. The zero-order valence-electron chi connectivity index (χ0n) is 16.6. The van der Waals surface area contributed by atoms with Crippen LogP contribution in [0, 0.1) is 21.4 Å². The van der Waals surface area contributed by atoms with Crippen molar-refractivity contribution in [3.63, 3.8) is 0 Å². The number of carbonyl (C=O) groups excluding carboxylic acids is 1. The minimum atomic E-state index is -0.453. The number of thioether (sulfide) groups is 1. The fourth-order valence-electron chi connectivity index (χ4n) is 3.39. The Balaban J connectivity index is 1.41. The number of nitro benzene ring substituents is 1. The molecule has 2 aromatic rings. The Hall–Kier alpha value is -3.42. The highest BCUT2D eigenvalue weighted by atomic mass is 32.2. The number of nitrogens with zero attached hydrogens (tertiary/aromatic N) is 5. The van der Waals surface area contributed by atoms with Crippen LogP contribution in [-0.4, -0.2) is 58.5 Å². The third kappa shape index (κ3) is 4.84. The van der Waals surface area contributed by atoms with Crippen LogP contribution in [0.2, 0.25) is 0 Å². The molecular weight excluding hydrogens is 418 g/mol. The molecule has 0 saturated carbocycles. The van der Waals surface area contributed by atoms with Gasteiger partial charge in [0.25, 0.3) is 11.6 Å². The number of carbonyl (C=O) groups is 1. The predicted octanol–water partition coefficient (Wildman–Crippen LogP) is 3.36. The van der Waals surface area contributed by atoms with E-state index in [2.05, 4.69) is 20.9 Å². The van der Waals surface area contributed by atoms with E-state index in [1.807, 2.05) is 0 Å². The molecule has 1 aromatic carbocycles. The normalized spacial score (nSPS) is 18.3. The highest BCUT2D eigenvalue weighted by molar-refractivity contribution is 8.18. The maximum atomic E-state index is 12.4. The van der Waals surface area contributed by atoms with Crippen molar-refractivity contribution in [3.8, 4) is 17.4 Å². The first-order valence-corrected chi connectivity index (χ1v) is 10.6. The summed E-state index contributed by atoms with van der Waals surface area (Å²) in [4.78, 5) is 31.9. The molecule has 0 aliphatic carbocycles. The number of hydrogen-bond acceptors (Lipinski definition) is 8. The molecular formula is C21H19N5O4S. The first-order valence-electron chi connectivity index (χ1n) is 9.75. The molecule has 1 fully saturated rings. The average Bonchev–Trinajstić information content (AvgIpc) is 3.40. The summed E-state index contributed by atoms with van der Waals surface area (Å²) in [5.74, 6) is 0.663. The van der Waals surface area contributed by atoms with Gasteiger partial charge < -0.3 is 9.32 Å². The molecule has 10 heteroatoms. The van der Waals surface area contributed by atoms with Crippen LogP contribution in [0.15, 0.2) is 50.7 Å². The van der Waals surface area contributed by atoms with Crippen molar-refractivity contribution in [3.05, 3.63) is 57.2 Å². The van der Waals surface area contributed by atoms with Crippen molar-refractivity contribution in [2.45, 2.75) is 6.42 Å². The predicted molar refractivity (Wildman–Crippen MR) is 117 cm³/mol. The molecule has 0 atom stereocenters. The average molecular weight is 437 g/mol. The number of amides is 1. The molecule has 1 saturated heterocycles. The van der Waals surface area contributed by atoms with Crippen LogP contribution in [0.1, 0.15) is 12.2 Å². The number of nitro groups is 1. The van der Waals surface area contributed by atoms with Crippen LogP contribution in [0.4, 0.5) is 5.69 Å². The van der Waals surface area contributed by atoms with E-state index in [9.17, 15) is 14.9 Å². The van der Waals surface area contributed by atoms with Gasteiger partial charge in [-0.1, -0.05) is 12.1 Å². The highest BCUT2D eigenvalue weighted by Gasteiger charge is 2.28. The van der Waals surface area contributed by atoms with Crippen molar-refractivity contribution in [2.24, 2.45) is 4.99 Å². The molecule has 2 aliphatic rings. The fourth-order valence-corrected chi connectivity index (χ4v) is 4.34. The number of rotatable bonds is 5. The van der Waals surface area contributed by atoms with E-state index in [1.165, 1.54) is 23.9 Å². The van der Waals surface area contributed by atoms with E-state index >= 15 is 0 Å². The topological polar surface area (TPSA) is 116 Å². The van der Waals surface area contributed by atoms with Crippen molar-refractivity contribution < 1.29 is 14.1 Å². The van der Waals surface area contributed by atoms with Gasteiger partial charge in [-0.3, -0.25) is 19.8 Å². The van der Waals surface area contributed by atoms with Crippen LogP contribution in [0.3, 0.4) is 0 Å². The minimum Gasteiger partial charge on any atom is -0.457 e. The van der Waals surface area contributed by atoms with Crippen LogP contribution in [0.25, 0.3) is 17.4 Å². The number of furan rings is 1. The summed E-state index contributed by atoms with van der Waals surface area (Å²) in [5.41, 5.74) is 0.580. The van der Waals surface area contributed by atoms with Gasteiger partial charge in [-0.15, -0.1) is 0 Å². The summed E-state index contributed by atoms with van der Waals surface area (Å²) in [7, 11) is 0. The van der Waals surface area contributed by atoms with E-state index in [-0.39, 0.29) is 11.6 Å². The van der Waals surface area contributed by atoms with Crippen LogP contribution < -0.4 is 0 Å². The molecule has 0 unspecified atom stereocenters.